The molecule has 0 unspecified atom stereocenters. The van der Waals surface area contributed by atoms with Crippen molar-refractivity contribution >= 4 is 11.8 Å². The van der Waals surface area contributed by atoms with Crippen molar-refractivity contribution in [2.24, 2.45) is 10.4 Å². The summed E-state index contributed by atoms with van der Waals surface area (Å²) >= 11 is 0. The molecule has 0 aliphatic heterocycles. The van der Waals surface area contributed by atoms with Gasteiger partial charge in [-0.1, -0.05) is 51.3 Å². The number of allylic oxidation sites excluding steroid dienone is 4. The van der Waals surface area contributed by atoms with Gasteiger partial charge in [-0.15, -0.1) is 0 Å². The van der Waals surface area contributed by atoms with Crippen LogP contribution in [0.15, 0.2) is 40.4 Å². The molecule has 164 valence electrons. The van der Waals surface area contributed by atoms with Crippen molar-refractivity contribution in [3.05, 3.63) is 35.5 Å². The molecule has 1 fully saturated rings. The molecule has 0 aromatic heterocycles. The van der Waals surface area contributed by atoms with E-state index in [9.17, 15) is 18.0 Å². The van der Waals surface area contributed by atoms with Crippen LogP contribution < -0.4 is 5.32 Å². The first-order valence-electron chi connectivity index (χ1n) is 10.1. The van der Waals surface area contributed by atoms with E-state index >= 15 is 0 Å². The monoisotopic (exact) mass is 414 g/mol. The fourth-order valence-electron chi connectivity index (χ4n) is 3.34. The topological polar surface area (TPSA) is 50.7 Å². The Morgan fingerprint density at radius 1 is 1.24 bits per heavy atom. The first-order chi connectivity index (χ1) is 13.7. The Bertz CT molecular complexity index is 655. The normalized spacial score (nSPS) is 18.8. The first-order valence-corrected chi connectivity index (χ1v) is 10.1. The predicted octanol–water partition coefficient (Wildman–Crippen LogP) is 5.52. The third-order valence-electron chi connectivity index (χ3n) is 5.05. The summed E-state index contributed by atoms with van der Waals surface area (Å²) in [6.07, 6.45) is 6.32. The standard InChI is InChI=1S/C22H33F3N2O2/c1-5-10-17(14-18(11-6-2)22(23,24)25)15-26-19(29-4)16-27-20(28)21(3)12-8-7-9-13-21/h5,10-11,14H,6-9,12-13,15-16H2,1-4H3,(H,27,28)/b10-5-,17-14+,18-11-,26-19?. The van der Waals surface area contributed by atoms with Crippen LogP contribution in [0.5, 0.6) is 0 Å². The molecule has 0 aromatic carbocycles. The van der Waals surface area contributed by atoms with E-state index in [0.717, 1.165) is 44.3 Å². The van der Waals surface area contributed by atoms with E-state index in [2.05, 4.69) is 10.3 Å². The number of hydrogen-bond acceptors (Lipinski definition) is 3. The van der Waals surface area contributed by atoms with Crippen LogP contribution >= 0.6 is 0 Å². The summed E-state index contributed by atoms with van der Waals surface area (Å²) in [5.74, 6) is 0.248. The maximum Gasteiger partial charge on any atom is 0.416 e. The molecule has 0 atom stereocenters. The Morgan fingerprint density at radius 3 is 2.41 bits per heavy atom. The van der Waals surface area contributed by atoms with E-state index in [1.54, 1.807) is 26.0 Å². The number of nitrogens with zero attached hydrogens (tertiary/aromatic N) is 1. The third kappa shape index (κ3) is 8.46. The molecule has 0 aromatic rings. The number of hydrogen-bond donors (Lipinski definition) is 1. The van der Waals surface area contributed by atoms with Crippen LogP contribution in [-0.2, 0) is 9.53 Å². The quantitative estimate of drug-likeness (QED) is 0.323. The van der Waals surface area contributed by atoms with E-state index in [4.69, 9.17) is 4.74 Å². The average molecular weight is 415 g/mol. The Balaban J connectivity index is 2.84. The molecule has 1 rings (SSSR count). The number of carbonyl (C=O) groups excluding carboxylic acids is 1. The van der Waals surface area contributed by atoms with E-state index < -0.39 is 11.7 Å². The molecule has 1 aliphatic rings. The minimum atomic E-state index is -4.42. The Hall–Kier alpha value is -2.05. The molecule has 1 N–H and O–H groups in total. The van der Waals surface area contributed by atoms with Crippen LogP contribution in [-0.4, -0.2) is 38.2 Å². The highest BCUT2D eigenvalue weighted by molar-refractivity contribution is 5.87. The van der Waals surface area contributed by atoms with Crippen molar-refractivity contribution in [1.29, 1.82) is 0 Å². The second-order valence-electron chi connectivity index (χ2n) is 7.50. The molecular weight excluding hydrogens is 381 g/mol. The summed E-state index contributed by atoms with van der Waals surface area (Å²) in [7, 11) is 1.44. The molecule has 7 heteroatoms. The van der Waals surface area contributed by atoms with Gasteiger partial charge in [-0.05, 0) is 37.8 Å². The molecule has 0 bridgehead atoms. The number of halogens is 3. The van der Waals surface area contributed by atoms with Crippen molar-refractivity contribution in [1.82, 2.24) is 5.32 Å². The van der Waals surface area contributed by atoms with Gasteiger partial charge in [-0.25, -0.2) is 4.99 Å². The Morgan fingerprint density at radius 2 is 1.90 bits per heavy atom. The van der Waals surface area contributed by atoms with Gasteiger partial charge in [0.05, 0.1) is 25.8 Å². The van der Waals surface area contributed by atoms with Crippen LogP contribution in [0.3, 0.4) is 0 Å². The zero-order chi connectivity index (χ0) is 21.9. The van der Waals surface area contributed by atoms with Crippen LogP contribution in [0.2, 0.25) is 0 Å². The SMILES string of the molecule is C\C=C/C(=C\C(=C\CC)C(F)(F)F)CN=C(CNC(=O)C1(C)CCCCC1)OC. The Labute approximate surface area is 172 Å². The summed E-state index contributed by atoms with van der Waals surface area (Å²) in [4.78, 5) is 16.8. The summed E-state index contributed by atoms with van der Waals surface area (Å²) in [6.45, 7) is 5.50. The summed E-state index contributed by atoms with van der Waals surface area (Å²) in [5.41, 5.74) is -0.662. The fraction of sp³-hybridized carbons (Fsp3) is 0.636. The summed E-state index contributed by atoms with van der Waals surface area (Å²) < 4.78 is 44.7. The smallest absolute Gasteiger partial charge is 0.416 e. The van der Waals surface area contributed by atoms with Gasteiger partial charge in [0.25, 0.3) is 0 Å². The number of ether oxygens (including phenoxy) is 1. The van der Waals surface area contributed by atoms with Gasteiger partial charge in [0.15, 0.2) is 0 Å². The Kier molecular flexibility index (Phi) is 10.2. The van der Waals surface area contributed by atoms with Gasteiger partial charge >= 0.3 is 6.18 Å². The maximum atomic E-state index is 13.2. The van der Waals surface area contributed by atoms with Crippen LogP contribution in [0, 0.1) is 5.41 Å². The number of rotatable bonds is 8. The first kappa shape index (κ1) is 25.0. The lowest BCUT2D eigenvalue weighted by atomic mass is 9.75. The summed E-state index contributed by atoms with van der Waals surface area (Å²) in [5, 5.41) is 2.86. The largest absolute Gasteiger partial charge is 0.483 e. The lowest BCUT2D eigenvalue weighted by molar-refractivity contribution is -0.131. The minimum Gasteiger partial charge on any atom is -0.483 e. The second kappa shape index (κ2) is 11.8. The van der Waals surface area contributed by atoms with Crippen LogP contribution in [0.25, 0.3) is 0 Å². The lowest BCUT2D eigenvalue weighted by Gasteiger charge is -2.31. The highest BCUT2D eigenvalue weighted by Gasteiger charge is 2.34. The van der Waals surface area contributed by atoms with E-state index in [0.29, 0.717) is 5.57 Å². The van der Waals surface area contributed by atoms with Gasteiger partial charge in [0.2, 0.25) is 11.8 Å². The molecule has 0 radical (unpaired) electrons. The van der Waals surface area contributed by atoms with E-state index in [1.165, 1.54) is 7.11 Å². The number of amides is 1. The summed E-state index contributed by atoms with van der Waals surface area (Å²) in [6, 6.07) is 0. The molecule has 0 spiro atoms. The number of nitrogens with one attached hydrogen (secondary N) is 1. The highest BCUT2D eigenvalue weighted by atomic mass is 19.4. The molecule has 1 amide bonds. The van der Waals surface area contributed by atoms with Crippen molar-refractivity contribution in [2.75, 3.05) is 20.2 Å². The zero-order valence-electron chi connectivity index (χ0n) is 17.9. The van der Waals surface area contributed by atoms with Gasteiger partial charge < -0.3 is 10.1 Å². The van der Waals surface area contributed by atoms with Gasteiger partial charge in [0.1, 0.15) is 0 Å². The minimum absolute atomic E-state index is 0.0256. The molecule has 0 heterocycles. The predicted molar refractivity (Wildman–Crippen MR) is 111 cm³/mol. The van der Waals surface area contributed by atoms with E-state index in [-0.39, 0.29) is 36.7 Å². The highest BCUT2D eigenvalue weighted by Crippen LogP contribution is 2.35. The molecular formula is C22H33F3N2O2. The maximum absolute atomic E-state index is 13.2. The zero-order valence-corrected chi connectivity index (χ0v) is 17.9. The second-order valence-corrected chi connectivity index (χ2v) is 7.50. The average Bonchev–Trinajstić information content (AvgIpc) is 2.67. The molecule has 1 saturated carbocycles. The van der Waals surface area contributed by atoms with Crippen LogP contribution in [0.1, 0.15) is 59.3 Å². The van der Waals surface area contributed by atoms with Crippen molar-refractivity contribution in [3.63, 3.8) is 0 Å². The van der Waals surface area contributed by atoms with E-state index in [1.807, 2.05) is 6.92 Å². The van der Waals surface area contributed by atoms with Gasteiger partial charge in [-0.3, -0.25) is 4.79 Å². The number of alkyl halides is 3. The van der Waals surface area contributed by atoms with Crippen molar-refractivity contribution in [3.8, 4) is 0 Å². The lowest BCUT2D eigenvalue weighted by Crippen LogP contribution is -2.42. The number of methoxy groups -OCH3 is 1. The number of aliphatic imine (C=N–C) groups is 1. The van der Waals surface area contributed by atoms with Gasteiger partial charge in [-0.2, -0.15) is 13.2 Å². The molecule has 4 nitrogen and oxygen atoms in total. The fourth-order valence-corrected chi connectivity index (χ4v) is 3.34. The molecule has 1 aliphatic carbocycles. The van der Waals surface area contributed by atoms with Crippen LogP contribution in [0.4, 0.5) is 13.2 Å². The molecule has 29 heavy (non-hydrogen) atoms. The molecule has 0 saturated heterocycles. The third-order valence-corrected chi connectivity index (χ3v) is 5.05. The number of carbonyl (C=O) groups is 1. The van der Waals surface area contributed by atoms with Gasteiger partial charge in [0, 0.05) is 5.41 Å². The van der Waals surface area contributed by atoms with Crippen molar-refractivity contribution < 1.29 is 22.7 Å². The van der Waals surface area contributed by atoms with Crippen molar-refractivity contribution in [2.45, 2.75) is 65.5 Å².